The number of aliphatic hydroxyl groups excluding tert-OH is 1. The van der Waals surface area contributed by atoms with Gasteiger partial charge in [-0.2, -0.15) is 0 Å². The number of likely N-dealkylation sites (tertiary alicyclic amines) is 1. The molecule has 32 heavy (non-hydrogen) atoms. The Hall–Kier alpha value is -3.08. The standard InChI is InChI=1S/C27H31NO4/c1-3-18-13-15-19(16-14-18)24-23(25(29)20-9-8-12-22(17-20)32-4-2)26(30)27(31)28(24)21-10-6-5-7-11-21/h8-9,12-17,21,24,29H,3-7,10-11H2,1-2H3/b25-23-. The smallest absolute Gasteiger partial charge is 0.295 e. The van der Waals surface area contributed by atoms with Crippen molar-refractivity contribution in [3.63, 3.8) is 0 Å². The van der Waals surface area contributed by atoms with E-state index >= 15 is 0 Å². The van der Waals surface area contributed by atoms with Crippen LogP contribution in [-0.4, -0.2) is 34.3 Å². The number of hydrogen-bond donors (Lipinski definition) is 1. The maximum absolute atomic E-state index is 13.3. The first-order chi connectivity index (χ1) is 15.5. The molecule has 2 aromatic rings. The lowest BCUT2D eigenvalue weighted by Crippen LogP contribution is -2.40. The summed E-state index contributed by atoms with van der Waals surface area (Å²) in [5, 5.41) is 11.3. The van der Waals surface area contributed by atoms with Crippen molar-refractivity contribution in [2.45, 2.75) is 64.5 Å². The normalized spacial score (nSPS) is 21.2. The molecule has 4 rings (SSSR count). The summed E-state index contributed by atoms with van der Waals surface area (Å²) in [5.41, 5.74) is 2.69. The lowest BCUT2D eigenvalue weighted by molar-refractivity contribution is -0.141. The van der Waals surface area contributed by atoms with E-state index in [9.17, 15) is 14.7 Å². The number of hydrogen-bond acceptors (Lipinski definition) is 4. The van der Waals surface area contributed by atoms with Crippen molar-refractivity contribution in [3.05, 3.63) is 70.8 Å². The van der Waals surface area contributed by atoms with E-state index in [2.05, 4.69) is 6.92 Å². The molecule has 1 saturated carbocycles. The van der Waals surface area contributed by atoms with Crippen LogP contribution in [0, 0.1) is 0 Å². The first-order valence-corrected chi connectivity index (χ1v) is 11.7. The molecule has 1 saturated heterocycles. The molecular weight excluding hydrogens is 402 g/mol. The van der Waals surface area contributed by atoms with E-state index in [1.165, 1.54) is 5.56 Å². The molecule has 5 nitrogen and oxygen atoms in total. The number of Topliss-reactive ketones (excluding diaryl/α,β-unsaturated/α-hetero) is 1. The number of ether oxygens (including phenoxy) is 1. The zero-order valence-corrected chi connectivity index (χ0v) is 18.8. The summed E-state index contributed by atoms with van der Waals surface area (Å²) in [6.07, 6.45) is 5.93. The Morgan fingerprint density at radius 1 is 1.03 bits per heavy atom. The van der Waals surface area contributed by atoms with Gasteiger partial charge in [-0.1, -0.05) is 62.6 Å². The van der Waals surface area contributed by atoms with E-state index in [1.807, 2.05) is 37.3 Å². The number of rotatable bonds is 6. The molecule has 0 bridgehead atoms. The Balaban J connectivity index is 1.84. The number of carbonyl (C=O) groups is 2. The van der Waals surface area contributed by atoms with E-state index in [-0.39, 0.29) is 17.4 Å². The van der Waals surface area contributed by atoms with Crippen LogP contribution < -0.4 is 4.74 Å². The van der Waals surface area contributed by atoms with E-state index in [0.29, 0.717) is 17.9 Å². The Bertz CT molecular complexity index is 1020. The van der Waals surface area contributed by atoms with Gasteiger partial charge in [-0.05, 0) is 49.4 Å². The van der Waals surface area contributed by atoms with Crippen LogP contribution in [0.15, 0.2) is 54.1 Å². The van der Waals surface area contributed by atoms with Gasteiger partial charge in [0.25, 0.3) is 11.7 Å². The van der Waals surface area contributed by atoms with E-state index in [4.69, 9.17) is 4.74 Å². The number of nitrogens with zero attached hydrogens (tertiary/aromatic N) is 1. The Morgan fingerprint density at radius 2 is 1.75 bits per heavy atom. The van der Waals surface area contributed by atoms with Crippen molar-refractivity contribution in [2.24, 2.45) is 0 Å². The van der Waals surface area contributed by atoms with E-state index < -0.39 is 17.7 Å². The highest BCUT2D eigenvalue weighted by molar-refractivity contribution is 6.46. The van der Waals surface area contributed by atoms with Crippen LogP contribution >= 0.6 is 0 Å². The van der Waals surface area contributed by atoms with Gasteiger partial charge >= 0.3 is 0 Å². The van der Waals surface area contributed by atoms with Crippen LogP contribution in [-0.2, 0) is 16.0 Å². The first-order valence-electron chi connectivity index (χ1n) is 11.7. The average molecular weight is 434 g/mol. The third-order valence-corrected chi connectivity index (χ3v) is 6.57. The summed E-state index contributed by atoms with van der Waals surface area (Å²) < 4.78 is 5.56. The van der Waals surface area contributed by atoms with Gasteiger partial charge in [-0.3, -0.25) is 9.59 Å². The Kier molecular flexibility index (Phi) is 6.63. The van der Waals surface area contributed by atoms with E-state index in [0.717, 1.165) is 44.1 Å². The van der Waals surface area contributed by atoms with Crippen LogP contribution in [0.4, 0.5) is 0 Å². The van der Waals surface area contributed by atoms with Gasteiger partial charge in [0.05, 0.1) is 18.2 Å². The summed E-state index contributed by atoms with van der Waals surface area (Å²) in [5.74, 6) is -0.655. The molecule has 2 aromatic carbocycles. The molecule has 2 aliphatic rings. The summed E-state index contributed by atoms with van der Waals surface area (Å²) >= 11 is 0. The number of amides is 1. The monoisotopic (exact) mass is 433 g/mol. The van der Waals surface area contributed by atoms with Crippen molar-refractivity contribution in [2.75, 3.05) is 6.61 Å². The number of benzene rings is 2. The second-order valence-corrected chi connectivity index (χ2v) is 8.55. The quantitative estimate of drug-likeness (QED) is 0.376. The summed E-state index contributed by atoms with van der Waals surface area (Å²) in [4.78, 5) is 28.2. The maximum Gasteiger partial charge on any atom is 0.295 e. The van der Waals surface area contributed by atoms with Gasteiger partial charge in [0.2, 0.25) is 0 Å². The predicted octanol–water partition coefficient (Wildman–Crippen LogP) is 5.40. The molecule has 1 heterocycles. The fraction of sp³-hybridized carbons (Fsp3) is 0.407. The molecule has 0 spiro atoms. The minimum atomic E-state index is -0.612. The topological polar surface area (TPSA) is 66.8 Å². The molecule has 1 aliphatic carbocycles. The van der Waals surface area contributed by atoms with E-state index in [1.54, 1.807) is 23.1 Å². The van der Waals surface area contributed by atoms with Crippen LogP contribution in [0.3, 0.4) is 0 Å². The zero-order chi connectivity index (χ0) is 22.7. The van der Waals surface area contributed by atoms with Crippen LogP contribution in [0.5, 0.6) is 5.75 Å². The minimum Gasteiger partial charge on any atom is -0.507 e. The van der Waals surface area contributed by atoms with Gasteiger partial charge in [0.1, 0.15) is 11.5 Å². The van der Waals surface area contributed by atoms with Gasteiger partial charge in [-0.15, -0.1) is 0 Å². The van der Waals surface area contributed by atoms with Crippen molar-refractivity contribution in [1.82, 2.24) is 4.90 Å². The lowest BCUT2D eigenvalue weighted by atomic mass is 9.90. The van der Waals surface area contributed by atoms with Crippen molar-refractivity contribution in [1.29, 1.82) is 0 Å². The number of carbonyl (C=O) groups excluding carboxylic acids is 2. The Morgan fingerprint density at radius 3 is 2.41 bits per heavy atom. The highest BCUT2D eigenvalue weighted by Gasteiger charge is 2.48. The molecule has 1 amide bonds. The third kappa shape index (κ3) is 4.16. The third-order valence-electron chi connectivity index (χ3n) is 6.57. The molecule has 1 atom stereocenters. The minimum absolute atomic E-state index is 0.0103. The van der Waals surface area contributed by atoms with Crippen molar-refractivity contribution in [3.8, 4) is 5.75 Å². The maximum atomic E-state index is 13.3. The van der Waals surface area contributed by atoms with Crippen LogP contribution in [0.25, 0.3) is 5.76 Å². The van der Waals surface area contributed by atoms with Gasteiger partial charge in [-0.25, -0.2) is 0 Å². The summed E-state index contributed by atoms with van der Waals surface area (Å²) in [6.45, 7) is 4.48. The molecule has 1 aliphatic heterocycles. The molecule has 0 aromatic heterocycles. The van der Waals surface area contributed by atoms with Crippen molar-refractivity contribution >= 4 is 17.4 Å². The van der Waals surface area contributed by atoms with Gasteiger partial charge in [0.15, 0.2) is 0 Å². The first kappa shape index (κ1) is 22.1. The number of aryl methyl sites for hydroxylation is 1. The summed E-state index contributed by atoms with van der Waals surface area (Å²) in [6, 6.07) is 14.5. The zero-order valence-electron chi connectivity index (χ0n) is 18.8. The summed E-state index contributed by atoms with van der Waals surface area (Å²) in [7, 11) is 0. The SMILES string of the molecule is CCOc1cccc(/C(O)=C2/C(=O)C(=O)N(C3CCCCC3)C2c2ccc(CC)cc2)c1. The molecular formula is C27H31NO4. The van der Waals surface area contributed by atoms with Crippen molar-refractivity contribution < 1.29 is 19.4 Å². The predicted molar refractivity (Wildman–Crippen MR) is 124 cm³/mol. The second-order valence-electron chi connectivity index (χ2n) is 8.55. The fourth-order valence-corrected chi connectivity index (χ4v) is 4.90. The Labute approximate surface area is 189 Å². The molecule has 168 valence electrons. The van der Waals surface area contributed by atoms with Gasteiger partial charge in [0, 0.05) is 11.6 Å². The van der Waals surface area contributed by atoms with Crippen LogP contribution in [0.1, 0.15) is 68.7 Å². The lowest BCUT2D eigenvalue weighted by Gasteiger charge is -2.35. The molecule has 0 radical (unpaired) electrons. The highest BCUT2D eigenvalue weighted by atomic mass is 16.5. The second kappa shape index (κ2) is 9.60. The average Bonchev–Trinajstić information content (AvgIpc) is 3.10. The largest absolute Gasteiger partial charge is 0.507 e. The highest BCUT2D eigenvalue weighted by Crippen LogP contribution is 2.43. The molecule has 1 N–H and O–H groups in total. The molecule has 2 fully saturated rings. The van der Waals surface area contributed by atoms with Crippen LogP contribution in [0.2, 0.25) is 0 Å². The number of ketones is 1. The fourth-order valence-electron chi connectivity index (χ4n) is 4.90. The number of aliphatic hydroxyl groups is 1. The molecule has 5 heteroatoms. The van der Waals surface area contributed by atoms with Gasteiger partial charge < -0.3 is 14.7 Å². The molecule has 1 unspecified atom stereocenters.